The van der Waals surface area contributed by atoms with Gasteiger partial charge in [-0.15, -0.1) is 0 Å². The molecule has 4 nitrogen and oxygen atoms in total. The van der Waals surface area contributed by atoms with Crippen LogP contribution in [0, 0.1) is 12.8 Å². The van der Waals surface area contributed by atoms with Crippen LogP contribution in [0.3, 0.4) is 0 Å². The Kier molecular flexibility index (Phi) is 4.28. The lowest BCUT2D eigenvalue weighted by Crippen LogP contribution is -2.40. The normalized spacial score (nSPS) is 22.6. The van der Waals surface area contributed by atoms with Crippen LogP contribution in [-0.4, -0.2) is 32.1 Å². The largest absolute Gasteiger partial charge is 0.363 e. The van der Waals surface area contributed by atoms with Gasteiger partial charge in [0.2, 0.25) is 10.0 Å². The van der Waals surface area contributed by atoms with Crippen LogP contribution in [0.5, 0.6) is 0 Å². The lowest BCUT2D eigenvalue weighted by Gasteiger charge is -2.26. The third-order valence-corrected chi connectivity index (χ3v) is 5.67. The highest BCUT2D eigenvalue weighted by Gasteiger charge is 2.38. The number of sulfonamides is 1. The summed E-state index contributed by atoms with van der Waals surface area (Å²) in [6.07, 6.45) is 0.938. The van der Waals surface area contributed by atoms with Gasteiger partial charge in [0.25, 0.3) is 0 Å². The van der Waals surface area contributed by atoms with E-state index in [0.717, 1.165) is 12.0 Å². The van der Waals surface area contributed by atoms with Gasteiger partial charge in [-0.05, 0) is 25.0 Å². The summed E-state index contributed by atoms with van der Waals surface area (Å²) in [5, 5.41) is 0. The molecule has 2 atom stereocenters. The summed E-state index contributed by atoms with van der Waals surface area (Å²) in [6, 6.07) is 6.91. The molecule has 1 aromatic carbocycles. The second-order valence-electron chi connectivity index (χ2n) is 5.16. The van der Waals surface area contributed by atoms with E-state index in [1.165, 1.54) is 4.31 Å². The highest BCUT2D eigenvalue weighted by Crippen LogP contribution is 2.27. The maximum Gasteiger partial charge on any atom is 0.245 e. The lowest BCUT2D eigenvalue weighted by atomic mass is 10.0. The van der Waals surface area contributed by atoms with Crippen molar-refractivity contribution in [1.29, 1.82) is 0 Å². The third-order valence-electron chi connectivity index (χ3n) is 3.81. The van der Waals surface area contributed by atoms with E-state index in [2.05, 4.69) is 13.8 Å². The standard InChI is InChI=1S/C14H21NO3S/c1-4-12(3)14-9-18-10-15(14)19(16,17)13-7-5-11(2)6-8-13/h5-8,12,14H,4,9-10H2,1-3H3/t12?,14-/m1/s1. The molecule has 1 saturated heterocycles. The molecular weight excluding hydrogens is 262 g/mol. The monoisotopic (exact) mass is 283 g/mol. The fourth-order valence-electron chi connectivity index (χ4n) is 2.26. The fourth-order valence-corrected chi connectivity index (χ4v) is 3.84. The van der Waals surface area contributed by atoms with Crippen molar-refractivity contribution >= 4 is 10.0 Å². The Morgan fingerprint density at radius 2 is 2.00 bits per heavy atom. The van der Waals surface area contributed by atoms with Gasteiger partial charge in [-0.3, -0.25) is 0 Å². The van der Waals surface area contributed by atoms with E-state index in [0.29, 0.717) is 17.4 Å². The summed E-state index contributed by atoms with van der Waals surface area (Å²) in [6.45, 7) is 6.72. The van der Waals surface area contributed by atoms with Crippen LogP contribution in [-0.2, 0) is 14.8 Å². The zero-order valence-corrected chi connectivity index (χ0v) is 12.5. The predicted molar refractivity (Wildman–Crippen MR) is 74.3 cm³/mol. The molecule has 5 heteroatoms. The maximum atomic E-state index is 12.6. The van der Waals surface area contributed by atoms with Crippen LogP contribution in [0.25, 0.3) is 0 Å². The van der Waals surface area contributed by atoms with E-state index in [1.807, 2.05) is 19.1 Å². The van der Waals surface area contributed by atoms with Crippen molar-refractivity contribution in [3.05, 3.63) is 29.8 Å². The van der Waals surface area contributed by atoms with Crippen molar-refractivity contribution in [1.82, 2.24) is 4.31 Å². The first-order valence-corrected chi connectivity index (χ1v) is 8.07. The number of ether oxygens (including phenoxy) is 1. The zero-order valence-electron chi connectivity index (χ0n) is 11.7. The van der Waals surface area contributed by atoms with Crippen LogP contribution in [0.1, 0.15) is 25.8 Å². The lowest BCUT2D eigenvalue weighted by molar-refractivity contribution is 0.171. The number of rotatable bonds is 4. The van der Waals surface area contributed by atoms with Crippen LogP contribution in [0.2, 0.25) is 0 Å². The van der Waals surface area contributed by atoms with Crippen LogP contribution >= 0.6 is 0 Å². The Labute approximate surface area is 115 Å². The van der Waals surface area contributed by atoms with Gasteiger partial charge in [0, 0.05) is 0 Å². The molecule has 0 aliphatic carbocycles. The molecule has 1 aromatic rings. The maximum absolute atomic E-state index is 12.6. The SMILES string of the molecule is CCC(C)[C@H]1COCN1S(=O)(=O)c1ccc(C)cc1. The van der Waals surface area contributed by atoms with Crippen molar-refractivity contribution in [3.63, 3.8) is 0 Å². The van der Waals surface area contributed by atoms with Crippen LogP contribution in [0.4, 0.5) is 0 Å². The van der Waals surface area contributed by atoms with E-state index in [1.54, 1.807) is 12.1 Å². The topological polar surface area (TPSA) is 46.6 Å². The summed E-state index contributed by atoms with van der Waals surface area (Å²) < 4.78 is 32.1. The van der Waals surface area contributed by atoms with Gasteiger partial charge in [0.15, 0.2) is 0 Å². The van der Waals surface area contributed by atoms with Crippen molar-refractivity contribution < 1.29 is 13.2 Å². The second kappa shape index (κ2) is 5.61. The average Bonchev–Trinajstić information content (AvgIpc) is 2.88. The van der Waals surface area contributed by atoms with Crippen molar-refractivity contribution in [3.8, 4) is 0 Å². The summed E-state index contributed by atoms with van der Waals surface area (Å²) in [4.78, 5) is 0.344. The average molecular weight is 283 g/mol. The molecule has 0 spiro atoms. The summed E-state index contributed by atoms with van der Waals surface area (Å²) >= 11 is 0. The van der Waals surface area contributed by atoms with Gasteiger partial charge in [-0.2, -0.15) is 4.31 Å². The Bertz CT molecular complexity index is 524. The van der Waals surface area contributed by atoms with Gasteiger partial charge >= 0.3 is 0 Å². The molecule has 0 radical (unpaired) electrons. The smallest absolute Gasteiger partial charge is 0.245 e. The van der Waals surface area contributed by atoms with E-state index < -0.39 is 10.0 Å². The minimum absolute atomic E-state index is 0.0590. The fraction of sp³-hybridized carbons (Fsp3) is 0.571. The van der Waals surface area contributed by atoms with Crippen LogP contribution < -0.4 is 0 Å². The third kappa shape index (κ3) is 2.83. The molecule has 0 N–H and O–H groups in total. The summed E-state index contributed by atoms with van der Waals surface area (Å²) in [7, 11) is -3.45. The highest BCUT2D eigenvalue weighted by atomic mass is 32.2. The molecular formula is C14H21NO3S. The number of hydrogen-bond acceptors (Lipinski definition) is 3. The first-order chi connectivity index (χ1) is 8.96. The number of hydrogen-bond donors (Lipinski definition) is 0. The molecule has 0 saturated carbocycles. The van der Waals surface area contributed by atoms with Gasteiger partial charge in [0.05, 0.1) is 17.5 Å². The first kappa shape index (κ1) is 14.5. The summed E-state index contributed by atoms with van der Waals surface area (Å²) in [5.74, 6) is 0.294. The minimum Gasteiger partial charge on any atom is -0.363 e. The van der Waals surface area contributed by atoms with Crippen molar-refractivity contribution in [2.24, 2.45) is 5.92 Å². The number of benzene rings is 1. The van der Waals surface area contributed by atoms with Gasteiger partial charge in [-0.1, -0.05) is 38.0 Å². The van der Waals surface area contributed by atoms with Gasteiger partial charge in [0.1, 0.15) is 6.73 Å². The Morgan fingerprint density at radius 3 is 2.58 bits per heavy atom. The molecule has 0 amide bonds. The molecule has 1 heterocycles. The minimum atomic E-state index is -3.45. The van der Waals surface area contributed by atoms with E-state index in [-0.39, 0.29) is 12.8 Å². The van der Waals surface area contributed by atoms with Crippen LogP contribution in [0.15, 0.2) is 29.2 Å². The van der Waals surface area contributed by atoms with E-state index in [9.17, 15) is 8.42 Å². The summed E-state index contributed by atoms with van der Waals surface area (Å²) in [5.41, 5.74) is 1.05. The number of aryl methyl sites for hydroxylation is 1. The Balaban J connectivity index is 2.31. The zero-order chi connectivity index (χ0) is 14.0. The predicted octanol–water partition coefficient (Wildman–Crippen LogP) is 2.39. The van der Waals surface area contributed by atoms with Gasteiger partial charge < -0.3 is 4.74 Å². The molecule has 19 heavy (non-hydrogen) atoms. The second-order valence-corrected chi connectivity index (χ2v) is 7.05. The van der Waals surface area contributed by atoms with Crippen molar-refractivity contribution in [2.45, 2.75) is 38.1 Å². The molecule has 1 fully saturated rings. The number of nitrogens with zero attached hydrogens (tertiary/aromatic N) is 1. The Hall–Kier alpha value is -0.910. The van der Waals surface area contributed by atoms with Crippen molar-refractivity contribution in [2.75, 3.05) is 13.3 Å². The highest BCUT2D eigenvalue weighted by molar-refractivity contribution is 7.89. The molecule has 0 bridgehead atoms. The van der Waals surface area contributed by atoms with E-state index in [4.69, 9.17) is 4.74 Å². The molecule has 0 aromatic heterocycles. The molecule has 1 aliphatic heterocycles. The molecule has 106 valence electrons. The first-order valence-electron chi connectivity index (χ1n) is 6.63. The Morgan fingerprint density at radius 1 is 1.37 bits per heavy atom. The molecule has 1 unspecified atom stereocenters. The molecule has 1 aliphatic rings. The quantitative estimate of drug-likeness (QED) is 0.852. The van der Waals surface area contributed by atoms with Gasteiger partial charge in [-0.25, -0.2) is 8.42 Å². The molecule has 2 rings (SSSR count). The van der Waals surface area contributed by atoms with E-state index >= 15 is 0 Å².